The number of likely N-dealkylation sites (tertiary alicyclic amines) is 1. The lowest BCUT2D eigenvalue weighted by Crippen LogP contribution is -2.48. The fourth-order valence-electron chi connectivity index (χ4n) is 3.18. The van der Waals surface area contributed by atoms with E-state index in [-0.39, 0.29) is 24.0 Å². The van der Waals surface area contributed by atoms with Gasteiger partial charge in [0.15, 0.2) is 5.96 Å². The number of ether oxygens (including phenoxy) is 1. The second-order valence-electron chi connectivity index (χ2n) is 6.91. The maximum Gasteiger partial charge on any atom is 0.191 e. The van der Waals surface area contributed by atoms with Crippen molar-refractivity contribution in [3.05, 3.63) is 35.9 Å². The number of rotatable bonds is 10. The van der Waals surface area contributed by atoms with Crippen LogP contribution >= 0.6 is 24.0 Å². The van der Waals surface area contributed by atoms with E-state index >= 15 is 0 Å². The summed E-state index contributed by atoms with van der Waals surface area (Å²) in [6, 6.07) is 10.8. The van der Waals surface area contributed by atoms with Crippen molar-refractivity contribution in [2.75, 3.05) is 39.3 Å². The van der Waals surface area contributed by atoms with Crippen LogP contribution in [0.4, 0.5) is 0 Å². The molecule has 1 aromatic rings. The van der Waals surface area contributed by atoms with Crippen molar-refractivity contribution < 1.29 is 4.74 Å². The molecule has 1 heterocycles. The highest BCUT2D eigenvalue weighted by molar-refractivity contribution is 14.0. The Morgan fingerprint density at radius 3 is 2.59 bits per heavy atom. The number of halogens is 1. The minimum atomic E-state index is 0. The number of hydrogen-bond acceptors (Lipinski definition) is 3. The summed E-state index contributed by atoms with van der Waals surface area (Å²) in [7, 11) is 0. The first-order chi connectivity index (χ1) is 12.8. The average Bonchev–Trinajstić information content (AvgIpc) is 2.68. The summed E-state index contributed by atoms with van der Waals surface area (Å²) < 4.78 is 5.72. The summed E-state index contributed by atoms with van der Waals surface area (Å²) in [5.41, 5.74) is 1.20. The molecule has 1 aliphatic rings. The summed E-state index contributed by atoms with van der Waals surface area (Å²) in [6.07, 6.45) is 4.98. The molecule has 0 radical (unpaired) electrons. The zero-order valence-corrected chi connectivity index (χ0v) is 19.3. The van der Waals surface area contributed by atoms with Gasteiger partial charge in [0.05, 0.1) is 19.8 Å². The first kappa shape index (κ1) is 24.2. The molecule has 5 nitrogen and oxygen atoms in total. The first-order valence-corrected chi connectivity index (χ1v) is 10.2. The molecule has 0 spiro atoms. The molecule has 0 unspecified atom stereocenters. The lowest BCUT2D eigenvalue weighted by molar-refractivity contribution is 0.128. The topological polar surface area (TPSA) is 48.9 Å². The van der Waals surface area contributed by atoms with Gasteiger partial charge in [-0.1, -0.05) is 43.7 Å². The minimum Gasteiger partial charge on any atom is -0.375 e. The van der Waals surface area contributed by atoms with Crippen LogP contribution in [0.5, 0.6) is 0 Å². The Kier molecular flexibility index (Phi) is 13.5. The Morgan fingerprint density at radius 2 is 1.93 bits per heavy atom. The third kappa shape index (κ3) is 10.3. The first-order valence-electron chi connectivity index (χ1n) is 10.2. The van der Waals surface area contributed by atoms with Crippen LogP contribution in [-0.2, 0) is 11.3 Å². The van der Waals surface area contributed by atoms with Gasteiger partial charge in [0.1, 0.15) is 0 Å². The van der Waals surface area contributed by atoms with Crippen LogP contribution in [0.1, 0.15) is 45.1 Å². The van der Waals surface area contributed by atoms with Crippen LogP contribution < -0.4 is 10.6 Å². The average molecular weight is 488 g/mol. The standard InChI is InChI=1S/C21H36N4O.HI/c1-3-5-14-25-15-11-20(12-16-25)24-21(22-4-2)23-13-17-26-18-19-9-7-6-8-10-19;/h6-10,20H,3-5,11-18H2,1-2H3,(H2,22,23,24);1H. The van der Waals surface area contributed by atoms with Gasteiger partial charge in [0.2, 0.25) is 0 Å². The van der Waals surface area contributed by atoms with Crippen molar-refractivity contribution in [3.63, 3.8) is 0 Å². The van der Waals surface area contributed by atoms with E-state index in [9.17, 15) is 0 Å². The molecule has 1 aromatic carbocycles. The highest BCUT2D eigenvalue weighted by Gasteiger charge is 2.19. The molecule has 2 N–H and O–H groups in total. The number of nitrogens with one attached hydrogen (secondary N) is 2. The Balaban J connectivity index is 0.00000364. The van der Waals surface area contributed by atoms with Crippen molar-refractivity contribution in [1.29, 1.82) is 0 Å². The van der Waals surface area contributed by atoms with Crippen LogP contribution in [0.15, 0.2) is 35.3 Å². The summed E-state index contributed by atoms with van der Waals surface area (Å²) >= 11 is 0. The molecular weight excluding hydrogens is 451 g/mol. The maximum atomic E-state index is 5.72. The van der Waals surface area contributed by atoms with E-state index in [0.29, 0.717) is 25.8 Å². The molecular formula is C21H37IN4O. The van der Waals surface area contributed by atoms with E-state index in [4.69, 9.17) is 4.74 Å². The van der Waals surface area contributed by atoms with E-state index in [2.05, 4.69) is 46.5 Å². The van der Waals surface area contributed by atoms with Gasteiger partial charge in [-0.2, -0.15) is 0 Å². The van der Waals surface area contributed by atoms with E-state index in [0.717, 1.165) is 12.5 Å². The number of nitrogens with zero attached hydrogens (tertiary/aromatic N) is 2. The number of unbranched alkanes of at least 4 members (excludes halogenated alkanes) is 1. The lowest BCUT2D eigenvalue weighted by Gasteiger charge is -2.33. The summed E-state index contributed by atoms with van der Waals surface area (Å²) in [4.78, 5) is 7.25. The second kappa shape index (κ2) is 15.1. The van der Waals surface area contributed by atoms with Gasteiger partial charge >= 0.3 is 0 Å². The lowest BCUT2D eigenvalue weighted by atomic mass is 10.0. The highest BCUT2D eigenvalue weighted by atomic mass is 127. The Hall–Kier alpha value is -0.860. The van der Waals surface area contributed by atoms with Gasteiger partial charge < -0.3 is 20.3 Å². The van der Waals surface area contributed by atoms with E-state index in [1.165, 1.54) is 50.9 Å². The number of benzene rings is 1. The molecule has 1 aliphatic heterocycles. The smallest absolute Gasteiger partial charge is 0.191 e. The summed E-state index contributed by atoms with van der Waals surface area (Å²) in [5.74, 6) is 0.919. The molecule has 0 saturated carbocycles. The zero-order chi connectivity index (χ0) is 18.5. The van der Waals surface area contributed by atoms with E-state index in [1.807, 2.05) is 18.2 Å². The van der Waals surface area contributed by atoms with Gasteiger partial charge in [0.25, 0.3) is 0 Å². The van der Waals surface area contributed by atoms with Gasteiger partial charge in [-0.15, -0.1) is 24.0 Å². The van der Waals surface area contributed by atoms with Crippen LogP contribution in [0, 0.1) is 0 Å². The minimum absolute atomic E-state index is 0. The zero-order valence-electron chi connectivity index (χ0n) is 17.0. The van der Waals surface area contributed by atoms with Crippen LogP contribution in [0.25, 0.3) is 0 Å². The fraction of sp³-hybridized carbons (Fsp3) is 0.667. The van der Waals surface area contributed by atoms with Crippen molar-refractivity contribution >= 4 is 29.9 Å². The number of piperidine rings is 1. The second-order valence-corrected chi connectivity index (χ2v) is 6.91. The van der Waals surface area contributed by atoms with Crippen LogP contribution in [0.2, 0.25) is 0 Å². The van der Waals surface area contributed by atoms with E-state index in [1.54, 1.807) is 0 Å². The Bertz CT molecular complexity index is 504. The monoisotopic (exact) mass is 488 g/mol. The molecule has 0 atom stereocenters. The largest absolute Gasteiger partial charge is 0.375 e. The Labute approximate surface area is 182 Å². The molecule has 0 bridgehead atoms. The quantitative estimate of drug-likeness (QED) is 0.229. The SMILES string of the molecule is CCCCN1CCC(NC(=NCCOCc2ccccc2)NCC)CC1.I. The van der Waals surface area contributed by atoms with E-state index < -0.39 is 0 Å². The third-order valence-corrected chi connectivity index (χ3v) is 4.72. The van der Waals surface area contributed by atoms with Crippen molar-refractivity contribution in [1.82, 2.24) is 15.5 Å². The molecule has 0 amide bonds. The maximum absolute atomic E-state index is 5.72. The highest BCUT2D eigenvalue weighted by Crippen LogP contribution is 2.11. The predicted molar refractivity (Wildman–Crippen MR) is 125 cm³/mol. The molecule has 27 heavy (non-hydrogen) atoms. The number of hydrogen-bond donors (Lipinski definition) is 2. The van der Waals surface area contributed by atoms with Gasteiger partial charge in [-0.3, -0.25) is 4.99 Å². The molecule has 0 aliphatic carbocycles. The molecule has 2 rings (SSSR count). The summed E-state index contributed by atoms with van der Waals surface area (Å²) in [5, 5.41) is 6.95. The van der Waals surface area contributed by atoms with Crippen LogP contribution in [-0.4, -0.2) is 56.2 Å². The third-order valence-electron chi connectivity index (χ3n) is 4.72. The van der Waals surface area contributed by atoms with Gasteiger partial charge in [-0.25, -0.2) is 0 Å². The fourth-order valence-corrected chi connectivity index (χ4v) is 3.18. The van der Waals surface area contributed by atoms with Crippen molar-refractivity contribution in [2.24, 2.45) is 4.99 Å². The van der Waals surface area contributed by atoms with Crippen LogP contribution in [0.3, 0.4) is 0 Å². The van der Waals surface area contributed by atoms with Gasteiger partial charge in [-0.05, 0) is 38.3 Å². The molecule has 154 valence electrons. The molecule has 0 aromatic heterocycles. The number of guanidine groups is 1. The predicted octanol–water partition coefficient (Wildman–Crippen LogP) is 3.64. The van der Waals surface area contributed by atoms with Gasteiger partial charge in [0, 0.05) is 25.7 Å². The molecule has 1 fully saturated rings. The number of aliphatic imine (C=N–C) groups is 1. The molecule has 1 saturated heterocycles. The normalized spacial score (nSPS) is 16.0. The Morgan fingerprint density at radius 1 is 1.19 bits per heavy atom. The van der Waals surface area contributed by atoms with Crippen molar-refractivity contribution in [2.45, 2.75) is 52.2 Å². The molecule has 6 heteroatoms. The van der Waals surface area contributed by atoms with Crippen molar-refractivity contribution in [3.8, 4) is 0 Å². The summed E-state index contributed by atoms with van der Waals surface area (Å²) in [6.45, 7) is 10.8.